The van der Waals surface area contributed by atoms with E-state index in [1.54, 1.807) is 30.3 Å². The molecule has 0 unspecified atom stereocenters. The van der Waals surface area contributed by atoms with Crippen LogP contribution in [0.15, 0.2) is 109 Å². The zero-order valence-corrected chi connectivity index (χ0v) is 20.4. The van der Waals surface area contributed by atoms with Crippen LogP contribution in [0.25, 0.3) is 17.2 Å². The van der Waals surface area contributed by atoms with Gasteiger partial charge in [-0.25, -0.2) is 0 Å². The van der Waals surface area contributed by atoms with Crippen LogP contribution in [0.5, 0.6) is 11.5 Å². The number of hydrogen-bond donors (Lipinski definition) is 1. The quantitative estimate of drug-likeness (QED) is 0.186. The first-order valence-electron chi connectivity index (χ1n) is 11.1. The summed E-state index contributed by atoms with van der Waals surface area (Å²) in [5.74, 6) is 0.270. The van der Waals surface area contributed by atoms with E-state index in [-0.39, 0.29) is 10.7 Å². The van der Waals surface area contributed by atoms with E-state index in [1.807, 2.05) is 78.9 Å². The average Bonchev–Trinajstić information content (AvgIpc) is 2.89. The van der Waals surface area contributed by atoms with E-state index in [9.17, 15) is 9.59 Å². The molecule has 1 aliphatic rings. The van der Waals surface area contributed by atoms with Crippen molar-refractivity contribution in [2.45, 2.75) is 0 Å². The van der Waals surface area contributed by atoms with Crippen molar-refractivity contribution in [1.29, 1.82) is 0 Å². The smallest absolute Gasteiger partial charge is 0.270 e. The first kappa shape index (κ1) is 23.5. The number of nitrogens with one attached hydrogen (secondary N) is 1. The molecule has 0 bridgehead atoms. The molecule has 0 saturated carbocycles. The lowest BCUT2D eigenvalue weighted by Gasteiger charge is -2.29. The highest BCUT2D eigenvalue weighted by molar-refractivity contribution is 7.80. The molecule has 4 aromatic rings. The number of halogens is 1. The Labute approximate surface area is 218 Å². The second-order valence-corrected chi connectivity index (χ2v) is 8.82. The number of nitrogens with zero attached hydrogens (tertiary/aromatic N) is 1. The Kier molecular flexibility index (Phi) is 6.62. The maximum absolute atomic E-state index is 13.4. The maximum atomic E-state index is 13.4. The molecule has 1 N–H and O–H groups in total. The minimum absolute atomic E-state index is 0.0125. The van der Waals surface area contributed by atoms with Gasteiger partial charge in [-0.3, -0.25) is 19.8 Å². The van der Waals surface area contributed by atoms with E-state index in [4.69, 9.17) is 28.6 Å². The maximum Gasteiger partial charge on any atom is 0.270 e. The van der Waals surface area contributed by atoms with Crippen LogP contribution < -0.4 is 15.0 Å². The summed E-state index contributed by atoms with van der Waals surface area (Å²) in [5.41, 5.74) is 3.12. The lowest BCUT2D eigenvalue weighted by molar-refractivity contribution is -0.122. The van der Waals surface area contributed by atoms with Gasteiger partial charge in [0.15, 0.2) is 5.11 Å². The lowest BCUT2D eigenvalue weighted by atomic mass is 10.0. The Morgan fingerprint density at radius 2 is 1.47 bits per heavy atom. The van der Waals surface area contributed by atoms with E-state index in [1.165, 1.54) is 4.90 Å². The van der Waals surface area contributed by atoms with Crippen molar-refractivity contribution in [2.75, 3.05) is 4.90 Å². The minimum Gasteiger partial charge on any atom is -0.457 e. The fourth-order valence-electron chi connectivity index (χ4n) is 3.80. The first-order chi connectivity index (χ1) is 17.5. The van der Waals surface area contributed by atoms with Crippen LogP contribution in [0.1, 0.15) is 5.56 Å². The highest BCUT2D eigenvalue weighted by Gasteiger charge is 2.34. The summed E-state index contributed by atoms with van der Waals surface area (Å²) in [6.45, 7) is 0. The van der Waals surface area contributed by atoms with Gasteiger partial charge < -0.3 is 4.74 Å². The summed E-state index contributed by atoms with van der Waals surface area (Å²) in [6, 6.07) is 31.3. The third-order valence-corrected chi connectivity index (χ3v) is 6.09. The molecule has 36 heavy (non-hydrogen) atoms. The van der Waals surface area contributed by atoms with Crippen LogP contribution >= 0.6 is 23.8 Å². The Bertz CT molecular complexity index is 1480. The fourth-order valence-corrected chi connectivity index (χ4v) is 4.20. The molecule has 4 aromatic carbocycles. The zero-order valence-electron chi connectivity index (χ0n) is 18.9. The first-order valence-corrected chi connectivity index (χ1v) is 11.9. The third-order valence-electron chi connectivity index (χ3n) is 5.55. The second-order valence-electron chi connectivity index (χ2n) is 8.00. The molecule has 0 radical (unpaired) electrons. The summed E-state index contributed by atoms with van der Waals surface area (Å²) in [7, 11) is 0. The SMILES string of the molecule is O=C1NC(=S)N(c2ccc(Oc3ccccc3)cc2)C(=O)/C1=C/c1cccc(-c2ccc(Cl)cc2)c1. The van der Waals surface area contributed by atoms with Gasteiger partial charge in [0.25, 0.3) is 11.8 Å². The molecule has 5 rings (SSSR count). The molecule has 1 heterocycles. The molecular formula is C29H19ClN2O3S. The van der Waals surface area contributed by atoms with Crippen LogP contribution in [-0.4, -0.2) is 16.9 Å². The molecule has 7 heteroatoms. The van der Waals surface area contributed by atoms with E-state index < -0.39 is 11.8 Å². The normalized spacial score (nSPS) is 14.6. The summed E-state index contributed by atoms with van der Waals surface area (Å²) in [4.78, 5) is 27.4. The van der Waals surface area contributed by atoms with Crippen molar-refractivity contribution in [3.05, 3.63) is 119 Å². The van der Waals surface area contributed by atoms with Crippen molar-refractivity contribution in [2.24, 2.45) is 0 Å². The number of carbonyl (C=O) groups excluding carboxylic acids is 2. The molecule has 0 spiro atoms. The van der Waals surface area contributed by atoms with E-state index in [0.29, 0.717) is 27.8 Å². The standard InChI is InChI=1S/C29H19ClN2O3S/c30-22-11-9-20(10-12-22)21-6-4-5-19(17-21)18-26-27(33)31-29(36)32(28(26)34)23-13-15-25(16-14-23)35-24-7-2-1-3-8-24/h1-18H,(H,31,33,36)/b26-18+. The van der Waals surface area contributed by atoms with Gasteiger partial charge in [0.05, 0.1) is 5.69 Å². The van der Waals surface area contributed by atoms with Crippen molar-refractivity contribution >= 4 is 52.5 Å². The van der Waals surface area contributed by atoms with Gasteiger partial charge in [-0.2, -0.15) is 0 Å². The lowest BCUT2D eigenvalue weighted by Crippen LogP contribution is -2.54. The molecule has 0 aliphatic carbocycles. The number of thiocarbonyl (C=S) groups is 1. The minimum atomic E-state index is -0.540. The number of rotatable bonds is 5. The predicted octanol–water partition coefficient (Wildman–Crippen LogP) is 6.63. The number of anilines is 1. The molecule has 2 amide bonds. The molecule has 1 saturated heterocycles. The highest BCUT2D eigenvalue weighted by Crippen LogP contribution is 2.28. The van der Waals surface area contributed by atoms with Gasteiger partial charge >= 0.3 is 0 Å². The molecule has 5 nitrogen and oxygen atoms in total. The van der Waals surface area contributed by atoms with E-state index in [2.05, 4.69) is 5.32 Å². The molecule has 1 aliphatic heterocycles. The van der Waals surface area contributed by atoms with Crippen LogP contribution in [0.3, 0.4) is 0 Å². The fraction of sp³-hybridized carbons (Fsp3) is 0. The Hall–Kier alpha value is -4.26. The largest absolute Gasteiger partial charge is 0.457 e. The summed E-state index contributed by atoms with van der Waals surface area (Å²) in [5, 5.41) is 3.29. The van der Waals surface area contributed by atoms with Crippen molar-refractivity contribution in [1.82, 2.24) is 5.32 Å². The second kappa shape index (κ2) is 10.2. The molecule has 1 fully saturated rings. The number of ether oxygens (including phenoxy) is 1. The average molecular weight is 511 g/mol. The number of carbonyl (C=O) groups is 2. The highest BCUT2D eigenvalue weighted by atomic mass is 35.5. The Balaban J connectivity index is 1.41. The summed E-state index contributed by atoms with van der Waals surface area (Å²) < 4.78 is 5.82. The van der Waals surface area contributed by atoms with Gasteiger partial charge in [-0.05, 0) is 89.6 Å². The number of benzene rings is 4. The van der Waals surface area contributed by atoms with E-state index >= 15 is 0 Å². The third kappa shape index (κ3) is 5.05. The van der Waals surface area contributed by atoms with Crippen LogP contribution in [0.4, 0.5) is 5.69 Å². The van der Waals surface area contributed by atoms with E-state index in [0.717, 1.165) is 11.1 Å². The molecule has 176 valence electrons. The number of amides is 2. The van der Waals surface area contributed by atoms with Gasteiger partial charge in [0.2, 0.25) is 0 Å². The molecule has 0 atom stereocenters. The Morgan fingerprint density at radius 1 is 0.778 bits per heavy atom. The van der Waals surface area contributed by atoms with Gasteiger partial charge in [-0.15, -0.1) is 0 Å². The van der Waals surface area contributed by atoms with Gasteiger partial charge in [-0.1, -0.05) is 60.1 Å². The zero-order chi connectivity index (χ0) is 25.1. The molecule has 0 aromatic heterocycles. The van der Waals surface area contributed by atoms with Crippen molar-refractivity contribution in [3.63, 3.8) is 0 Å². The van der Waals surface area contributed by atoms with Crippen LogP contribution in [0.2, 0.25) is 5.02 Å². The van der Waals surface area contributed by atoms with Gasteiger partial charge in [0.1, 0.15) is 17.1 Å². The van der Waals surface area contributed by atoms with Crippen molar-refractivity contribution in [3.8, 4) is 22.6 Å². The monoisotopic (exact) mass is 510 g/mol. The molecular weight excluding hydrogens is 492 g/mol. The van der Waals surface area contributed by atoms with Crippen LogP contribution in [0, 0.1) is 0 Å². The van der Waals surface area contributed by atoms with Crippen LogP contribution in [-0.2, 0) is 9.59 Å². The number of hydrogen-bond acceptors (Lipinski definition) is 4. The summed E-state index contributed by atoms with van der Waals surface area (Å²) in [6.07, 6.45) is 1.57. The van der Waals surface area contributed by atoms with Crippen molar-refractivity contribution < 1.29 is 14.3 Å². The predicted molar refractivity (Wildman–Crippen MR) is 146 cm³/mol. The summed E-state index contributed by atoms with van der Waals surface area (Å²) >= 11 is 11.3. The van der Waals surface area contributed by atoms with Gasteiger partial charge in [0, 0.05) is 5.02 Å². The topological polar surface area (TPSA) is 58.6 Å². The number of para-hydroxylation sites is 1. The Morgan fingerprint density at radius 3 is 2.19 bits per heavy atom.